The monoisotopic (exact) mass is 588 g/mol. The van der Waals surface area contributed by atoms with Crippen LogP contribution >= 0.6 is 0 Å². The van der Waals surface area contributed by atoms with E-state index in [1.807, 2.05) is 6.07 Å². The third-order valence-electron chi connectivity index (χ3n) is 8.04. The SMILES string of the molecule is COc1cc2nccc(Oc3ccc(CC(=O)C4(C(=O)Cc5ccc(F)cc5)CC4)cc3)c2cc1-c1cccc(C#N)c1F. The molecule has 0 saturated heterocycles. The summed E-state index contributed by atoms with van der Waals surface area (Å²) in [6.07, 6.45) is 2.87. The van der Waals surface area contributed by atoms with E-state index in [1.165, 1.54) is 25.3 Å². The van der Waals surface area contributed by atoms with Gasteiger partial charge in [-0.05, 0) is 66.4 Å². The molecule has 1 aromatic heterocycles. The lowest BCUT2D eigenvalue weighted by atomic mass is 9.88. The number of nitriles is 1. The Labute approximate surface area is 252 Å². The Hall–Kier alpha value is -5.42. The maximum absolute atomic E-state index is 15.1. The highest BCUT2D eigenvalue weighted by Gasteiger charge is 2.54. The van der Waals surface area contributed by atoms with Crippen LogP contribution < -0.4 is 9.47 Å². The predicted octanol–water partition coefficient (Wildman–Crippen LogP) is 7.56. The minimum Gasteiger partial charge on any atom is -0.496 e. The zero-order valence-electron chi connectivity index (χ0n) is 23.8. The molecule has 218 valence electrons. The molecule has 44 heavy (non-hydrogen) atoms. The molecule has 1 aliphatic rings. The molecule has 1 heterocycles. The van der Waals surface area contributed by atoms with Crippen LogP contribution in [0.25, 0.3) is 22.0 Å². The first-order valence-corrected chi connectivity index (χ1v) is 14.0. The van der Waals surface area contributed by atoms with E-state index < -0.39 is 11.2 Å². The van der Waals surface area contributed by atoms with Crippen molar-refractivity contribution in [1.29, 1.82) is 5.26 Å². The molecule has 0 atom stereocenters. The molecule has 6 rings (SSSR count). The maximum Gasteiger partial charge on any atom is 0.150 e. The van der Waals surface area contributed by atoms with Crippen LogP contribution in [0.3, 0.4) is 0 Å². The number of methoxy groups -OCH3 is 1. The van der Waals surface area contributed by atoms with Crippen molar-refractivity contribution in [1.82, 2.24) is 4.98 Å². The maximum atomic E-state index is 15.1. The van der Waals surface area contributed by atoms with Gasteiger partial charge in [0.25, 0.3) is 0 Å². The molecule has 8 heteroatoms. The molecule has 0 N–H and O–H groups in total. The molecule has 1 saturated carbocycles. The first kappa shape index (κ1) is 28.7. The van der Waals surface area contributed by atoms with Crippen LogP contribution in [0.2, 0.25) is 0 Å². The molecule has 0 aliphatic heterocycles. The van der Waals surface area contributed by atoms with E-state index in [0.29, 0.717) is 52.1 Å². The summed E-state index contributed by atoms with van der Waals surface area (Å²) < 4.78 is 40.0. The Kier molecular flexibility index (Phi) is 7.62. The van der Waals surface area contributed by atoms with Gasteiger partial charge in [-0.25, -0.2) is 8.78 Å². The highest BCUT2D eigenvalue weighted by Crippen LogP contribution is 2.49. The van der Waals surface area contributed by atoms with Gasteiger partial charge in [0.1, 0.15) is 35.0 Å². The molecule has 4 aromatic carbocycles. The normalized spacial score (nSPS) is 13.2. The second-order valence-corrected chi connectivity index (χ2v) is 10.8. The van der Waals surface area contributed by atoms with Crippen LogP contribution in [0, 0.1) is 28.4 Å². The fourth-order valence-corrected chi connectivity index (χ4v) is 5.39. The van der Waals surface area contributed by atoms with E-state index in [0.717, 1.165) is 5.56 Å². The Morgan fingerprint density at radius 1 is 0.864 bits per heavy atom. The number of halogens is 2. The van der Waals surface area contributed by atoms with E-state index in [2.05, 4.69) is 4.98 Å². The number of benzene rings is 4. The van der Waals surface area contributed by atoms with Crippen molar-refractivity contribution in [3.63, 3.8) is 0 Å². The molecule has 0 radical (unpaired) electrons. The zero-order valence-corrected chi connectivity index (χ0v) is 23.8. The number of carbonyl (C=O) groups excluding carboxylic acids is 2. The minimum absolute atomic E-state index is 0.0734. The van der Waals surface area contributed by atoms with Crippen molar-refractivity contribution in [2.24, 2.45) is 5.41 Å². The van der Waals surface area contributed by atoms with Gasteiger partial charge >= 0.3 is 0 Å². The number of carbonyl (C=O) groups is 2. The Morgan fingerprint density at radius 3 is 2.14 bits per heavy atom. The summed E-state index contributed by atoms with van der Waals surface area (Å²) in [5.74, 6) is 0.122. The zero-order chi connectivity index (χ0) is 30.8. The summed E-state index contributed by atoms with van der Waals surface area (Å²) in [7, 11) is 1.48. The molecule has 0 bridgehead atoms. The summed E-state index contributed by atoms with van der Waals surface area (Å²) in [5, 5.41) is 9.91. The molecule has 1 aliphatic carbocycles. The lowest BCUT2D eigenvalue weighted by Crippen LogP contribution is -2.28. The van der Waals surface area contributed by atoms with Crippen molar-refractivity contribution in [2.75, 3.05) is 7.11 Å². The van der Waals surface area contributed by atoms with Crippen LogP contribution in [0.4, 0.5) is 8.78 Å². The van der Waals surface area contributed by atoms with Gasteiger partial charge in [-0.1, -0.05) is 36.4 Å². The molecule has 0 unspecified atom stereocenters. The molecule has 5 aromatic rings. The van der Waals surface area contributed by atoms with E-state index in [-0.39, 0.29) is 41.4 Å². The van der Waals surface area contributed by atoms with Crippen LogP contribution in [0.5, 0.6) is 17.2 Å². The van der Waals surface area contributed by atoms with Gasteiger partial charge in [0.2, 0.25) is 0 Å². The first-order valence-electron chi connectivity index (χ1n) is 14.0. The largest absolute Gasteiger partial charge is 0.496 e. The van der Waals surface area contributed by atoms with E-state index >= 15 is 4.39 Å². The minimum atomic E-state index is -0.968. The fraction of sp³-hybridized carbons (Fsp3) is 0.167. The molecule has 0 spiro atoms. The Morgan fingerprint density at radius 2 is 1.52 bits per heavy atom. The number of pyridine rings is 1. The van der Waals surface area contributed by atoms with Crippen molar-refractivity contribution in [3.8, 4) is 34.4 Å². The van der Waals surface area contributed by atoms with Crippen LogP contribution in [-0.4, -0.2) is 23.7 Å². The van der Waals surface area contributed by atoms with Gasteiger partial charge in [0.15, 0.2) is 11.6 Å². The number of rotatable bonds is 10. The summed E-state index contributed by atoms with van der Waals surface area (Å²) >= 11 is 0. The number of ketones is 2. The van der Waals surface area contributed by atoms with Crippen molar-refractivity contribution in [2.45, 2.75) is 25.7 Å². The fourth-order valence-electron chi connectivity index (χ4n) is 5.39. The van der Waals surface area contributed by atoms with Gasteiger partial charge < -0.3 is 9.47 Å². The van der Waals surface area contributed by atoms with Crippen LogP contribution in [0.15, 0.2) is 91.1 Å². The third kappa shape index (κ3) is 5.52. The van der Waals surface area contributed by atoms with E-state index in [4.69, 9.17) is 9.47 Å². The smallest absolute Gasteiger partial charge is 0.150 e. The number of fused-ring (bicyclic) bond motifs is 1. The molecular weight excluding hydrogens is 562 g/mol. The first-order chi connectivity index (χ1) is 21.3. The standard InChI is InChI=1S/C36H26F2N2O4/c1-43-32-20-30-29(19-28(32)27-4-2-3-24(21-39)35(27)38)31(13-16-40-30)44-26-11-7-23(8-12-26)18-34(42)36(14-15-36)33(41)17-22-5-9-25(37)10-6-22/h2-13,16,19-20H,14-15,17-18H2,1H3. The molecule has 6 nitrogen and oxygen atoms in total. The lowest BCUT2D eigenvalue weighted by Gasteiger charge is -2.15. The van der Waals surface area contributed by atoms with Crippen molar-refractivity contribution in [3.05, 3.63) is 119 Å². The quantitative estimate of drug-likeness (QED) is 0.157. The number of hydrogen-bond acceptors (Lipinski definition) is 6. The van der Waals surface area contributed by atoms with Gasteiger partial charge in [-0.2, -0.15) is 5.26 Å². The molecule has 1 fully saturated rings. The van der Waals surface area contributed by atoms with E-state index in [9.17, 15) is 19.2 Å². The molecular formula is C36H26F2N2O4. The van der Waals surface area contributed by atoms with E-state index in [1.54, 1.807) is 72.9 Å². The average molecular weight is 589 g/mol. The van der Waals surface area contributed by atoms with Crippen molar-refractivity contribution < 1.29 is 27.8 Å². The number of nitrogens with zero attached hydrogens (tertiary/aromatic N) is 2. The highest BCUT2D eigenvalue weighted by molar-refractivity contribution is 6.11. The second-order valence-electron chi connectivity index (χ2n) is 10.8. The Balaban J connectivity index is 1.20. The topological polar surface area (TPSA) is 89.3 Å². The van der Waals surface area contributed by atoms with Gasteiger partial charge in [-0.3, -0.25) is 14.6 Å². The number of ether oxygens (including phenoxy) is 2. The lowest BCUT2D eigenvalue weighted by molar-refractivity contribution is -0.133. The average Bonchev–Trinajstić information content (AvgIpc) is 3.85. The number of aromatic nitrogens is 1. The Bertz CT molecular complexity index is 1940. The summed E-state index contributed by atoms with van der Waals surface area (Å²) in [4.78, 5) is 30.6. The van der Waals surface area contributed by atoms with Gasteiger partial charge in [-0.15, -0.1) is 0 Å². The number of hydrogen-bond donors (Lipinski definition) is 0. The second kappa shape index (κ2) is 11.7. The summed E-state index contributed by atoms with van der Waals surface area (Å²) in [6.45, 7) is 0. The van der Waals surface area contributed by atoms with Gasteiger partial charge in [0, 0.05) is 41.6 Å². The van der Waals surface area contributed by atoms with Crippen molar-refractivity contribution >= 4 is 22.5 Å². The van der Waals surface area contributed by atoms with Crippen LogP contribution in [0.1, 0.15) is 29.5 Å². The van der Waals surface area contributed by atoms with Gasteiger partial charge in [0.05, 0.1) is 23.6 Å². The highest BCUT2D eigenvalue weighted by atomic mass is 19.1. The number of Topliss-reactive ketones (excluding diaryl/α,β-unsaturated/α-hetero) is 2. The third-order valence-corrected chi connectivity index (χ3v) is 8.04. The van der Waals surface area contributed by atoms with Crippen LogP contribution in [-0.2, 0) is 22.4 Å². The predicted molar refractivity (Wildman–Crippen MR) is 160 cm³/mol. The molecule has 0 amide bonds. The summed E-state index contributed by atoms with van der Waals surface area (Å²) in [6, 6.07) is 24.4. The summed E-state index contributed by atoms with van der Waals surface area (Å²) in [5.41, 5.74) is 1.64.